The van der Waals surface area contributed by atoms with Crippen LogP contribution in [0.2, 0.25) is 0 Å². The van der Waals surface area contributed by atoms with Gasteiger partial charge in [-0.25, -0.2) is 4.57 Å². The summed E-state index contributed by atoms with van der Waals surface area (Å²) < 4.78 is 33.7. The molecule has 372 valence electrons. The molecule has 0 bridgehead atoms. The van der Waals surface area contributed by atoms with Gasteiger partial charge in [-0.15, -0.1) is 0 Å². The fourth-order valence-corrected chi connectivity index (χ4v) is 9.24. The largest absolute Gasteiger partial charge is 0.472 e. The number of phosphoric ester groups is 1. The predicted molar refractivity (Wildman–Crippen MR) is 266 cm³/mol. The van der Waals surface area contributed by atoms with Crippen LogP contribution in [0.5, 0.6) is 0 Å². The molecule has 0 heterocycles. The van der Waals surface area contributed by atoms with Crippen molar-refractivity contribution in [3.8, 4) is 0 Å². The van der Waals surface area contributed by atoms with E-state index in [9.17, 15) is 14.3 Å². The Labute approximate surface area is 386 Å². The highest BCUT2D eigenvalue weighted by Gasteiger charge is 2.25. The smallest absolute Gasteiger partial charge is 0.457 e. The molecule has 0 fully saturated rings. The maximum Gasteiger partial charge on any atom is 0.472 e. The van der Waals surface area contributed by atoms with E-state index in [2.05, 4.69) is 13.8 Å². The number of carbonyl (C=O) groups excluding carboxylic acids is 1. The number of nitrogens with two attached hydrogens (primary N) is 1. The van der Waals surface area contributed by atoms with E-state index < -0.39 is 13.9 Å². The van der Waals surface area contributed by atoms with Gasteiger partial charge in [-0.3, -0.25) is 13.8 Å². The van der Waals surface area contributed by atoms with Crippen molar-refractivity contribution < 1.29 is 32.8 Å². The molecular weight excluding hydrogens is 794 g/mol. The number of phosphoric acid groups is 1. The van der Waals surface area contributed by atoms with Gasteiger partial charge >= 0.3 is 13.8 Å². The first kappa shape index (κ1) is 61.5. The molecule has 0 spiro atoms. The van der Waals surface area contributed by atoms with Crippen LogP contribution in [0.1, 0.15) is 296 Å². The van der Waals surface area contributed by atoms with Crippen LogP contribution < -0.4 is 5.73 Å². The Morgan fingerprint density at radius 1 is 0.419 bits per heavy atom. The lowest BCUT2D eigenvalue weighted by atomic mass is 10.0. The molecule has 0 saturated carbocycles. The summed E-state index contributed by atoms with van der Waals surface area (Å²) in [6.45, 7) is 5.02. The minimum absolute atomic E-state index is 0.0896. The van der Waals surface area contributed by atoms with E-state index in [4.69, 9.17) is 24.3 Å². The molecule has 2 atom stereocenters. The number of esters is 1. The lowest BCUT2D eigenvalue weighted by Gasteiger charge is -2.20. The summed E-state index contributed by atoms with van der Waals surface area (Å²) in [4.78, 5) is 22.6. The van der Waals surface area contributed by atoms with Crippen molar-refractivity contribution in [2.75, 3.05) is 33.0 Å². The fraction of sp³-hybridized carbons (Fsp3) is 0.981. The maximum absolute atomic E-state index is 12.7. The first-order valence-corrected chi connectivity index (χ1v) is 29.0. The first-order valence-electron chi connectivity index (χ1n) is 27.5. The van der Waals surface area contributed by atoms with E-state index >= 15 is 0 Å². The van der Waals surface area contributed by atoms with Gasteiger partial charge in [0, 0.05) is 19.6 Å². The molecule has 0 aromatic heterocycles. The Morgan fingerprint density at radius 2 is 0.710 bits per heavy atom. The summed E-state index contributed by atoms with van der Waals surface area (Å²) in [5, 5.41) is 0. The SMILES string of the molecule is CCCCCCCCCCCCCCCCCCCCCCCCCCOCC(COP(=O)(O)OCCN)OC(=O)CCCCCCCCCCCCCCCCCCCCC. The summed E-state index contributed by atoms with van der Waals surface area (Å²) in [7, 11) is -4.28. The molecule has 2 unspecified atom stereocenters. The predicted octanol–water partition coefficient (Wildman–Crippen LogP) is 17.2. The van der Waals surface area contributed by atoms with Gasteiger partial charge in [0.15, 0.2) is 0 Å². The summed E-state index contributed by atoms with van der Waals surface area (Å²) in [6, 6.07) is 0. The van der Waals surface area contributed by atoms with Gasteiger partial charge < -0.3 is 20.1 Å². The molecule has 0 rings (SSSR count). The zero-order chi connectivity index (χ0) is 45.1. The molecule has 3 N–H and O–H groups in total. The third kappa shape index (κ3) is 50.5. The van der Waals surface area contributed by atoms with E-state index in [0.29, 0.717) is 13.0 Å². The third-order valence-corrected chi connectivity index (χ3v) is 13.5. The minimum atomic E-state index is -4.28. The van der Waals surface area contributed by atoms with Crippen molar-refractivity contribution in [1.82, 2.24) is 0 Å². The highest BCUT2D eigenvalue weighted by Crippen LogP contribution is 2.43. The molecule has 0 radical (unpaired) electrons. The van der Waals surface area contributed by atoms with Crippen LogP contribution in [-0.2, 0) is 27.9 Å². The number of rotatable bonds is 54. The summed E-state index contributed by atoms with van der Waals surface area (Å²) in [5.74, 6) is -0.320. The van der Waals surface area contributed by atoms with E-state index in [1.54, 1.807) is 0 Å². The molecular formula is C53H108NO7P. The van der Waals surface area contributed by atoms with Crippen LogP contribution in [-0.4, -0.2) is 49.9 Å². The third-order valence-electron chi connectivity index (χ3n) is 12.5. The van der Waals surface area contributed by atoms with Crippen molar-refractivity contribution in [2.45, 2.75) is 302 Å². The molecule has 0 saturated heterocycles. The number of unbranched alkanes of at least 4 members (excludes halogenated alkanes) is 41. The first-order chi connectivity index (χ1) is 30.4. The average Bonchev–Trinajstić information content (AvgIpc) is 3.26. The standard InChI is InChI=1S/C53H108NO7P/c1-3-5-7-9-11-13-15-17-19-21-23-24-25-26-27-29-31-33-35-37-39-41-43-45-48-58-50-52(51-60-62(56,57)59-49-47-54)61-53(55)46-44-42-40-38-36-34-32-30-28-22-20-18-16-14-12-10-8-6-4-2/h52H,3-51,54H2,1-2H3,(H,56,57). The fourth-order valence-electron chi connectivity index (χ4n) is 8.47. The number of ether oxygens (including phenoxy) is 2. The Hall–Kier alpha value is -0.500. The Kier molecular flexibility index (Phi) is 51.1. The molecule has 8 nitrogen and oxygen atoms in total. The van der Waals surface area contributed by atoms with Crippen molar-refractivity contribution in [3.63, 3.8) is 0 Å². The molecule has 0 amide bonds. The molecule has 0 aromatic rings. The highest BCUT2D eigenvalue weighted by molar-refractivity contribution is 7.47. The summed E-state index contributed by atoms with van der Waals surface area (Å²) in [5.41, 5.74) is 5.40. The van der Waals surface area contributed by atoms with E-state index in [1.165, 1.54) is 244 Å². The van der Waals surface area contributed by atoms with Gasteiger partial charge in [-0.1, -0.05) is 277 Å². The second-order valence-corrected chi connectivity index (χ2v) is 20.3. The van der Waals surface area contributed by atoms with E-state index in [1.807, 2.05) is 0 Å². The monoisotopic (exact) mass is 902 g/mol. The molecule has 9 heteroatoms. The van der Waals surface area contributed by atoms with E-state index in [-0.39, 0.29) is 32.3 Å². The molecule has 0 aromatic carbocycles. The lowest BCUT2D eigenvalue weighted by molar-refractivity contribution is -0.154. The molecule has 62 heavy (non-hydrogen) atoms. The molecule has 0 aliphatic heterocycles. The topological polar surface area (TPSA) is 117 Å². The molecule has 0 aliphatic rings. The zero-order valence-electron chi connectivity index (χ0n) is 41.6. The van der Waals surface area contributed by atoms with Crippen LogP contribution in [0.15, 0.2) is 0 Å². The maximum atomic E-state index is 12.7. The number of hydrogen-bond donors (Lipinski definition) is 2. The van der Waals surface area contributed by atoms with Gasteiger partial charge in [0.1, 0.15) is 6.10 Å². The molecule has 0 aliphatic carbocycles. The Morgan fingerprint density at radius 3 is 1.02 bits per heavy atom. The quantitative estimate of drug-likeness (QED) is 0.0352. The Balaban J connectivity index is 3.83. The van der Waals surface area contributed by atoms with Crippen molar-refractivity contribution in [1.29, 1.82) is 0 Å². The van der Waals surface area contributed by atoms with Crippen LogP contribution >= 0.6 is 7.82 Å². The average molecular weight is 902 g/mol. The minimum Gasteiger partial charge on any atom is -0.457 e. The second kappa shape index (κ2) is 51.5. The van der Waals surface area contributed by atoms with Crippen molar-refractivity contribution in [2.24, 2.45) is 5.73 Å². The zero-order valence-corrected chi connectivity index (χ0v) is 42.5. The van der Waals surface area contributed by atoms with Crippen LogP contribution in [0.4, 0.5) is 0 Å². The van der Waals surface area contributed by atoms with Crippen molar-refractivity contribution in [3.05, 3.63) is 0 Å². The second-order valence-electron chi connectivity index (χ2n) is 18.8. The number of hydrogen-bond acceptors (Lipinski definition) is 7. The Bertz CT molecular complexity index is 924. The summed E-state index contributed by atoms with van der Waals surface area (Å²) >= 11 is 0. The highest BCUT2D eigenvalue weighted by atomic mass is 31.2. The van der Waals surface area contributed by atoms with Gasteiger partial charge in [-0.05, 0) is 12.8 Å². The normalized spacial score (nSPS) is 13.2. The van der Waals surface area contributed by atoms with Gasteiger partial charge in [0.25, 0.3) is 0 Å². The number of carbonyl (C=O) groups is 1. The summed E-state index contributed by atoms with van der Waals surface area (Å²) in [6.07, 6.45) is 57.2. The van der Waals surface area contributed by atoms with Crippen LogP contribution in [0, 0.1) is 0 Å². The van der Waals surface area contributed by atoms with Gasteiger partial charge in [0.2, 0.25) is 0 Å². The van der Waals surface area contributed by atoms with Gasteiger partial charge in [-0.2, -0.15) is 0 Å². The lowest BCUT2D eigenvalue weighted by Crippen LogP contribution is -2.28. The van der Waals surface area contributed by atoms with Crippen LogP contribution in [0.25, 0.3) is 0 Å². The van der Waals surface area contributed by atoms with Crippen LogP contribution in [0.3, 0.4) is 0 Å². The van der Waals surface area contributed by atoms with E-state index in [0.717, 1.165) is 32.1 Å². The van der Waals surface area contributed by atoms with Gasteiger partial charge in [0.05, 0.1) is 19.8 Å². The van der Waals surface area contributed by atoms with Crippen molar-refractivity contribution >= 4 is 13.8 Å².